The Morgan fingerprint density at radius 3 is 2.83 bits per heavy atom. The van der Waals surface area contributed by atoms with Crippen LogP contribution in [0.3, 0.4) is 0 Å². The number of rotatable bonds is 3. The van der Waals surface area contributed by atoms with Gasteiger partial charge in [-0.15, -0.1) is 0 Å². The van der Waals surface area contributed by atoms with Crippen molar-refractivity contribution in [2.75, 3.05) is 0 Å². The normalized spacial score (nSPS) is 22.7. The van der Waals surface area contributed by atoms with Gasteiger partial charge in [0.15, 0.2) is 5.66 Å². The minimum atomic E-state index is -0.987. The molecule has 0 aliphatic carbocycles. The molecule has 0 radical (unpaired) electrons. The molecule has 2 aliphatic rings. The highest BCUT2D eigenvalue weighted by Crippen LogP contribution is 2.38. The second kappa shape index (κ2) is 6.94. The van der Waals surface area contributed by atoms with Crippen molar-refractivity contribution >= 4 is 41.2 Å². The summed E-state index contributed by atoms with van der Waals surface area (Å²) in [6, 6.07) is 5.40. The zero-order chi connectivity index (χ0) is 17.2. The van der Waals surface area contributed by atoms with Gasteiger partial charge < -0.3 is 22.1 Å². The zero-order valence-electron chi connectivity index (χ0n) is 12.5. The van der Waals surface area contributed by atoms with Gasteiger partial charge >= 0.3 is 0 Å². The van der Waals surface area contributed by atoms with Crippen LogP contribution in [0.1, 0.15) is 0 Å². The molecule has 0 fully saturated rings. The standard InChI is InChI=1S/C16H15Cl2N5S/c17-11-4-1-5-12(13(11)18)24-15-14(19)23-16(20,9-22-15)10-3-2-7-21-8-6-10/h1-9,21,23H,19-20H2. The van der Waals surface area contributed by atoms with Gasteiger partial charge in [-0.2, -0.15) is 0 Å². The van der Waals surface area contributed by atoms with Crippen LogP contribution in [0.25, 0.3) is 0 Å². The van der Waals surface area contributed by atoms with Gasteiger partial charge in [0.05, 0.1) is 16.3 Å². The molecule has 1 atom stereocenters. The smallest absolute Gasteiger partial charge is 0.150 e. The van der Waals surface area contributed by atoms with E-state index in [9.17, 15) is 0 Å². The lowest BCUT2D eigenvalue weighted by Gasteiger charge is -2.32. The van der Waals surface area contributed by atoms with Crippen molar-refractivity contribution < 1.29 is 0 Å². The van der Waals surface area contributed by atoms with Gasteiger partial charge in [0.2, 0.25) is 0 Å². The lowest BCUT2D eigenvalue weighted by molar-refractivity contribution is 0.571. The van der Waals surface area contributed by atoms with E-state index in [2.05, 4.69) is 15.6 Å². The largest absolute Gasteiger partial charge is 0.383 e. The first kappa shape index (κ1) is 17.0. The molecule has 2 heterocycles. The number of halogens is 2. The summed E-state index contributed by atoms with van der Waals surface area (Å²) in [5.41, 5.74) is 12.4. The third-order valence-electron chi connectivity index (χ3n) is 3.39. The molecule has 24 heavy (non-hydrogen) atoms. The van der Waals surface area contributed by atoms with Crippen LogP contribution in [0, 0.1) is 0 Å². The van der Waals surface area contributed by atoms with Crippen molar-refractivity contribution in [1.29, 1.82) is 0 Å². The van der Waals surface area contributed by atoms with Crippen LogP contribution in [0.2, 0.25) is 10.0 Å². The number of nitrogens with two attached hydrogens (primary N) is 2. The number of hydrogen-bond acceptors (Lipinski definition) is 6. The molecule has 5 nitrogen and oxygen atoms in total. The Labute approximate surface area is 154 Å². The van der Waals surface area contributed by atoms with Gasteiger partial charge in [0.1, 0.15) is 10.9 Å². The van der Waals surface area contributed by atoms with E-state index < -0.39 is 5.66 Å². The van der Waals surface area contributed by atoms with Crippen molar-refractivity contribution in [1.82, 2.24) is 10.6 Å². The fraction of sp³-hybridized carbons (Fsp3) is 0.0625. The molecular formula is C16H15Cl2N5S. The molecule has 1 aromatic carbocycles. The van der Waals surface area contributed by atoms with E-state index in [-0.39, 0.29) is 0 Å². The van der Waals surface area contributed by atoms with E-state index in [1.165, 1.54) is 11.8 Å². The molecule has 124 valence electrons. The molecule has 1 aromatic rings. The number of nitrogens with one attached hydrogen (secondary N) is 2. The summed E-state index contributed by atoms with van der Waals surface area (Å²) in [7, 11) is 0. The topological polar surface area (TPSA) is 88.5 Å². The third-order valence-corrected chi connectivity index (χ3v) is 5.39. The number of nitrogens with zero attached hydrogens (tertiary/aromatic N) is 1. The molecule has 0 bridgehead atoms. The maximum Gasteiger partial charge on any atom is 0.150 e. The molecule has 6 N–H and O–H groups in total. The maximum absolute atomic E-state index is 6.39. The molecule has 0 saturated carbocycles. The quantitative estimate of drug-likeness (QED) is 0.647. The lowest BCUT2D eigenvalue weighted by Crippen LogP contribution is -2.58. The Kier molecular flexibility index (Phi) is 4.91. The molecular weight excluding hydrogens is 365 g/mol. The molecule has 2 aliphatic heterocycles. The summed E-state index contributed by atoms with van der Waals surface area (Å²) in [6.07, 6.45) is 10.8. The summed E-state index contributed by atoms with van der Waals surface area (Å²) in [4.78, 5) is 5.19. The minimum Gasteiger partial charge on any atom is -0.383 e. The van der Waals surface area contributed by atoms with Crippen LogP contribution in [0.5, 0.6) is 0 Å². The molecule has 0 amide bonds. The van der Waals surface area contributed by atoms with Gasteiger partial charge in [0.25, 0.3) is 0 Å². The Morgan fingerprint density at radius 2 is 2.04 bits per heavy atom. The predicted molar refractivity (Wildman–Crippen MR) is 102 cm³/mol. The van der Waals surface area contributed by atoms with E-state index in [0.29, 0.717) is 20.9 Å². The van der Waals surface area contributed by atoms with Crippen LogP contribution in [-0.4, -0.2) is 11.9 Å². The third kappa shape index (κ3) is 3.47. The van der Waals surface area contributed by atoms with Gasteiger partial charge in [-0.05, 0) is 29.9 Å². The van der Waals surface area contributed by atoms with Gasteiger partial charge in [-0.1, -0.05) is 47.1 Å². The van der Waals surface area contributed by atoms with Gasteiger partial charge in [-0.3, -0.25) is 0 Å². The summed E-state index contributed by atoms with van der Waals surface area (Å²) < 4.78 is 0. The van der Waals surface area contributed by atoms with Gasteiger partial charge in [0, 0.05) is 17.3 Å². The van der Waals surface area contributed by atoms with Crippen LogP contribution in [0.4, 0.5) is 0 Å². The fourth-order valence-electron chi connectivity index (χ4n) is 2.17. The second-order valence-corrected chi connectivity index (χ2v) is 6.92. The first-order valence-electron chi connectivity index (χ1n) is 7.03. The van der Waals surface area contributed by atoms with E-state index >= 15 is 0 Å². The SMILES string of the molecule is NC1=C(Sc2cccc(Cl)c2Cl)N=CC(N)(C2=CC=CNC=C2)N1. The monoisotopic (exact) mass is 379 g/mol. The van der Waals surface area contributed by atoms with Crippen LogP contribution in [0.15, 0.2) is 75.1 Å². The predicted octanol–water partition coefficient (Wildman–Crippen LogP) is 3.06. The number of aliphatic imine (C=N–C) groups is 1. The molecule has 3 rings (SSSR count). The second-order valence-electron chi connectivity index (χ2n) is 5.11. The molecule has 1 unspecified atom stereocenters. The number of thioether (sulfide) groups is 1. The number of benzene rings is 1. The average molecular weight is 380 g/mol. The van der Waals surface area contributed by atoms with Gasteiger partial charge in [-0.25, -0.2) is 4.99 Å². The Morgan fingerprint density at radius 1 is 1.21 bits per heavy atom. The number of hydrogen-bond donors (Lipinski definition) is 4. The van der Waals surface area contributed by atoms with Crippen LogP contribution in [-0.2, 0) is 0 Å². The zero-order valence-corrected chi connectivity index (χ0v) is 14.8. The Bertz CT molecular complexity index is 813. The highest BCUT2D eigenvalue weighted by atomic mass is 35.5. The summed E-state index contributed by atoms with van der Waals surface area (Å²) >= 11 is 13.6. The van der Waals surface area contributed by atoms with E-state index in [4.69, 9.17) is 34.7 Å². The van der Waals surface area contributed by atoms with Crippen molar-refractivity contribution in [3.8, 4) is 0 Å². The Balaban J connectivity index is 1.84. The van der Waals surface area contributed by atoms with Crippen molar-refractivity contribution in [2.24, 2.45) is 16.5 Å². The molecule has 0 spiro atoms. The van der Waals surface area contributed by atoms with Crippen LogP contribution < -0.4 is 22.1 Å². The first-order valence-corrected chi connectivity index (χ1v) is 8.61. The van der Waals surface area contributed by atoms with E-state index in [1.807, 2.05) is 30.4 Å². The highest BCUT2D eigenvalue weighted by molar-refractivity contribution is 8.03. The summed E-state index contributed by atoms with van der Waals surface area (Å²) in [5.74, 6) is 0.372. The summed E-state index contributed by atoms with van der Waals surface area (Å²) in [5, 5.41) is 7.61. The first-order chi connectivity index (χ1) is 11.5. The van der Waals surface area contributed by atoms with E-state index in [1.54, 1.807) is 24.7 Å². The number of allylic oxidation sites excluding steroid dienone is 2. The fourth-order valence-corrected chi connectivity index (χ4v) is 3.46. The van der Waals surface area contributed by atoms with Crippen molar-refractivity contribution in [2.45, 2.75) is 10.6 Å². The van der Waals surface area contributed by atoms with Crippen molar-refractivity contribution in [3.63, 3.8) is 0 Å². The molecule has 8 heteroatoms. The molecule has 0 saturated heterocycles. The molecule has 0 aromatic heterocycles. The average Bonchev–Trinajstić information content (AvgIpc) is 2.84. The van der Waals surface area contributed by atoms with Crippen LogP contribution >= 0.6 is 35.0 Å². The highest BCUT2D eigenvalue weighted by Gasteiger charge is 2.31. The summed E-state index contributed by atoms with van der Waals surface area (Å²) in [6.45, 7) is 0. The van der Waals surface area contributed by atoms with Crippen molar-refractivity contribution in [3.05, 3.63) is 75.3 Å². The Hall–Kier alpha value is -1.86. The maximum atomic E-state index is 6.39. The minimum absolute atomic E-state index is 0.372. The lowest BCUT2D eigenvalue weighted by atomic mass is 10.00. The van der Waals surface area contributed by atoms with E-state index in [0.717, 1.165) is 10.5 Å².